The van der Waals surface area contributed by atoms with Crippen molar-refractivity contribution in [1.29, 1.82) is 0 Å². The van der Waals surface area contributed by atoms with E-state index in [1.165, 1.54) is 12.8 Å². The van der Waals surface area contributed by atoms with Gasteiger partial charge >= 0.3 is 0 Å². The number of nitrogens with one attached hydrogen (secondary N) is 2. The molecule has 0 aliphatic heterocycles. The van der Waals surface area contributed by atoms with E-state index >= 15 is 0 Å². The normalized spacial score (nSPS) is 15.8. The van der Waals surface area contributed by atoms with Crippen LogP contribution in [0.1, 0.15) is 39.5 Å². The minimum absolute atomic E-state index is 0.00555. The molecule has 0 heterocycles. The Kier molecular flexibility index (Phi) is 7.25. The fourth-order valence-electron chi connectivity index (χ4n) is 3.14. The molecule has 2 amide bonds. The highest BCUT2D eigenvalue weighted by Gasteiger charge is 2.25. The summed E-state index contributed by atoms with van der Waals surface area (Å²) in [5.74, 6) is 0.615. The average molecular weight is 347 g/mol. The Hall–Kier alpha value is -2.08. The van der Waals surface area contributed by atoms with E-state index in [2.05, 4.69) is 10.6 Å². The summed E-state index contributed by atoms with van der Waals surface area (Å²) in [5.41, 5.74) is 0.713. The minimum atomic E-state index is -0.327. The third kappa shape index (κ3) is 5.74. The predicted molar refractivity (Wildman–Crippen MR) is 98.7 cm³/mol. The lowest BCUT2D eigenvalue weighted by atomic mass is 10.2. The predicted octanol–water partition coefficient (Wildman–Crippen LogP) is 2.40. The van der Waals surface area contributed by atoms with E-state index in [4.69, 9.17) is 4.74 Å². The van der Waals surface area contributed by atoms with Gasteiger partial charge in [-0.1, -0.05) is 19.8 Å². The number of carbonyl (C=O) groups is 2. The van der Waals surface area contributed by atoms with Gasteiger partial charge in [0.15, 0.2) is 0 Å². The van der Waals surface area contributed by atoms with Crippen molar-refractivity contribution in [2.75, 3.05) is 25.5 Å². The highest BCUT2D eigenvalue weighted by atomic mass is 16.5. The van der Waals surface area contributed by atoms with Gasteiger partial charge < -0.3 is 15.4 Å². The second-order valence-electron chi connectivity index (χ2n) is 6.51. The topological polar surface area (TPSA) is 70.7 Å². The molecule has 0 aromatic heterocycles. The molecule has 2 rings (SSSR count). The lowest BCUT2D eigenvalue weighted by molar-refractivity contribution is -0.127. The molecule has 1 fully saturated rings. The number of ether oxygens (including phenoxy) is 1. The maximum Gasteiger partial charge on any atom is 0.238 e. The van der Waals surface area contributed by atoms with Crippen molar-refractivity contribution < 1.29 is 14.3 Å². The molecule has 6 heteroatoms. The van der Waals surface area contributed by atoms with Gasteiger partial charge in [-0.2, -0.15) is 0 Å². The molecule has 0 unspecified atom stereocenters. The third-order valence-corrected chi connectivity index (χ3v) is 4.76. The SMILES string of the molecule is CCN(CC(=O)Nc1ccc(OC)cc1)[C@H](C)C(=O)NC1CCCC1. The largest absolute Gasteiger partial charge is 0.497 e. The van der Waals surface area contributed by atoms with Gasteiger partial charge in [0.1, 0.15) is 5.75 Å². The van der Waals surface area contributed by atoms with Crippen LogP contribution in [0, 0.1) is 0 Å². The quantitative estimate of drug-likeness (QED) is 0.758. The Morgan fingerprint density at radius 3 is 2.44 bits per heavy atom. The van der Waals surface area contributed by atoms with Gasteiger partial charge in [0.05, 0.1) is 19.7 Å². The number of amides is 2. The molecule has 1 aromatic rings. The maximum atomic E-state index is 12.4. The lowest BCUT2D eigenvalue weighted by Gasteiger charge is -2.27. The Labute approximate surface area is 149 Å². The van der Waals surface area contributed by atoms with E-state index in [1.807, 2.05) is 18.7 Å². The number of likely N-dealkylation sites (N-methyl/N-ethyl adjacent to an activating group) is 1. The summed E-state index contributed by atoms with van der Waals surface area (Å²) in [6, 6.07) is 7.15. The molecule has 6 nitrogen and oxygen atoms in total. The summed E-state index contributed by atoms with van der Waals surface area (Å²) >= 11 is 0. The number of rotatable bonds is 8. The molecule has 138 valence electrons. The summed E-state index contributed by atoms with van der Waals surface area (Å²) in [5, 5.41) is 5.96. The van der Waals surface area contributed by atoms with Crippen LogP contribution in [0.4, 0.5) is 5.69 Å². The molecule has 25 heavy (non-hydrogen) atoms. The van der Waals surface area contributed by atoms with Gasteiger partial charge in [-0.3, -0.25) is 14.5 Å². The molecule has 1 aromatic carbocycles. The zero-order valence-corrected chi connectivity index (χ0v) is 15.4. The van der Waals surface area contributed by atoms with E-state index in [0.29, 0.717) is 18.3 Å². The van der Waals surface area contributed by atoms with E-state index < -0.39 is 0 Å². The van der Waals surface area contributed by atoms with Crippen LogP contribution in [0.25, 0.3) is 0 Å². The number of hydrogen-bond donors (Lipinski definition) is 2. The van der Waals surface area contributed by atoms with E-state index in [0.717, 1.165) is 18.6 Å². The van der Waals surface area contributed by atoms with Crippen LogP contribution in [0.15, 0.2) is 24.3 Å². The van der Waals surface area contributed by atoms with Crippen molar-refractivity contribution in [2.45, 2.75) is 51.6 Å². The van der Waals surface area contributed by atoms with Gasteiger partial charge in [0.2, 0.25) is 11.8 Å². The molecule has 0 radical (unpaired) electrons. The first-order valence-electron chi connectivity index (χ1n) is 9.01. The summed E-state index contributed by atoms with van der Waals surface area (Å²) in [7, 11) is 1.60. The second-order valence-corrected chi connectivity index (χ2v) is 6.51. The molecule has 0 bridgehead atoms. The summed E-state index contributed by atoms with van der Waals surface area (Å²) in [6.45, 7) is 4.63. The van der Waals surface area contributed by atoms with Crippen molar-refractivity contribution in [2.24, 2.45) is 0 Å². The summed E-state index contributed by atoms with van der Waals surface area (Å²) in [4.78, 5) is 26.6. The van der Waals surface area contributed by atoms with Crippen LogP contribution in [-0.4, -0.2) is 49.0 Å². The highest BCUT2D eigenvalue weighted by Crippen LogP contribution is 2.18. The zero-order valence-electron chi connectivity index (χ0n) is 15.4. The number of methoxy groups -OCH3 is 1. The number of anilines is 1. The first kappa shape index (κ1) is 19.2. The van der Waals surface area contributed by atoms with Gasteiger partial charge in [0, 0.05) is 11.7 Å². The second kappa shape index (κ2) is 9.42. The third-order valence-electron chi connectivity index (χ3n) is 4.76. The molecular weight excluding hydrogens is 318 g/mol. The van der Waals surface area contributed by atoms with Crippen molar-refractivity contribution in [3.8, 4) is 5.75 Å². The zero-order chi connectivity index (χ0) is 18.2. The van der Waals surface area contributed by atoms with Gasteiger partial charge in [-0.05, 0) is 50.6 Å². The summed E-state index contributed by atoms with van der Waals surface area (Å²) < 4.78 is 5.10. The molecule has 1 aliphatic rings. The van der Waals surface area contributed by atoms with Crippen LogP contribution in [0.3, 0.4) is 0 Å². The molecule has 0 saturated heterocycles. The minimum Gasteiger partial charge on any atom is -0.497 e. The lowest BCUT2D eigenvalue weighted by Crippen LogP contribution is -2.49. The monoisotopic (exact) mass is 347 g/mol. The molecule has 0 spiro atoms. The van der Waals surface area contributed by atoms with E-state index in [1.54, 1.807) is 31.4 Å². The van der Waals surface area contributed by atoms with E-state index in [9.17, 15) is 9.59 Å². The van der Waals surface area contributed by atoms with Gasteiger partial charge in [-0.15, -0.1) is 0 Å². The number of hydrogen-bond acceptors (Lipinski definition) is 4. The van der Waals surface area contributed by atoms with Crippen molar-refractivity contribution in [3.63, 3.8) is 0 Å². The van der Waals surface area contributed by atoms with Gasteiger partial charge in [0.25, 0.3) is 0 Å². The van der Waals surface area contributed by atoms with Crippen LogP contribution >= 0.6 is 0 Å². The van der Waals surface area contributed by atoms with Crippen LogP contribution < -0.4 is 15.4 Å². The smallest absolute Gasteiger partial charge is 0.238 e. The first-order chi connectivity index (χ1) is 12.0. The Balaban J connectivity index is 1.85. The standard InChI is InChI=1S/C19H29N3O3/c1-4-22(14(2)19(24)21-15-7-5-6-8-15)13-18(23)20-16-9-11-17(25-3)12-10-16/h9-12,14-15H,4-8,13H2,1-3H3,(H,20,23)(H,21,24)/t14-/m1/s1. The molecule has 2 N–H and O–H groups in total. The average Bonchev–Trinajstić information content (AvgIpc) is 3.12. The van der Waals surface area contributed by atoms with Crippen LogP contribution in [0.2, 0.25) is 0 Å². The maximum absolute atomic E-state index is 12.4. The van der Waals surface area contributed by atoms with Crippen LogP contribution in [0.5, 0.6) is 5.75 Å². The highest BCUT2D eigenvalue weighted by molar-refractivity contribution is 5.93. The van der Waals surface area contributed by atoms with Crippen molar-refractivity contribution in [1.82, 2.24) is 10.2 Å². The first-order valence-corrected chi connectivity index (χ1v) is 9.01. The fraction of sp³-hybridized carbons (Fsp3) is 0.579. The molecule has 1 aliphatic carbocycles. The Morgan fingerprint density at radius 2 is 1.88 bits per heavy atom. The number of benzene rings is 1. The van der Waals surface area contributed by atoms with Gasteiger partial charge in [-0.25, -0.2) is 0 Å². The fourth-order valence-corrected chi connectivity index (χ4v) is 3.14. The van der Waals surface area contributed by atoms with Crippen molar-refractivity contribution >= 4 is 17.5 Å². The Bertz CT molecular complexity index is 568. The summed E-state index contributed by atoms with van der Waals surface area (Å²) in [6.07, 6.45) is 4.48. The van der Waals surface area contributed by atoms with E-state index in [-0.39, 0.29) is 24.4 Å². The number of nitrogens with zero attached hydrogens (tertiary/aromatic N) is 1. The van der Waals surface area contributed by atoms with Crippen LogP contribution in [-0.2, 0) is 9.59 Å². The molecule has 1 saturated carbocycles. The molecular formula is C19H29N3O3. The molecule has 1 atom stereocenters. The Morgan fingerprint density at radius 1 is 1.24 bits per heavy atom. The van der Waals surface area contributed by atoms with Crippen molar-refractivity contribution in [3.05, 3.63) is 24.3 Å². The number of carbonyl (C=O) groups excluding carboxylic acids is 2.